The highest BCUT2D eigenvalue weighted by Gasteiger charge is 2.64. The maximum absolute atomic E-state index is 15.7. The molecule has 0 spiro atoms. The molecule has 3 amide bonds. The Hall–Kier alpha value is -3.97. The zero-order chi connectivity index (χ0) is 28.4. The van der Waals surface area contributed by atoms with Crippen molar-refractivity contribution >= 4 is 29.3 Å². The number of Topliss-reactive ketones (excluding diaryl/α,β-unsaturated/α-hetero) is 2. The number of amides is 3. The number of phenolic OH excluding ortho intramolecular Hbond substituents is 1. The number of ketones is 2. The van der Waals surface area contributed by atoms with Crippen LogP contribution in [0.4, 0.5) is 9.18 Å². The molecule has 1 aromatic rings. The van der Waals surface area contributed by atoms with Gasteiger partial charge in [-0.1, -0.05) is 0 Å². The van der Waals surface area contributed by atoms with E-state index in [0.29, 0.717) is 0 Å². The second kappa shape index (κ2) is 9.10. The minimum Gasteiger partial charge on any atom is -0.508 e. The van der Waals surface area contributed by atoms with Crippen LogP contribution in [0.5, 0.6) is 5.75 Å². The molecular formula is C25H29FN4O8. The highest BCUT2D eigenvalue weighted by atomic mass is 19.1. The van der Waals surface area contributed by atoms with Gasteiger partial charge >= 0.3 is 6.03 Å². The van der Waals surface area contributed by atoms with Crippen molar-refractivity contribution in [2.45, 2.75) is 31.0 Å². The van der Waals surface area contributed by atoms with E-state index in [-0.39, 0.29) is 41.6 Å². The molecule has 4 atom stereocenters. The van der Waals surface area contributed by atoms with E-state index in [1.165, 1.54) is 38.0 Å². The summed E-state index contributed by atoms with van der Waals surface area (Å²) in [5, 5.41) is 46.6. The number of nitrogens with zero attached hydrogens (tertiary/aromatic N) is 2. The first-order valence-electron chi connectivity index (χ1n) is 11.8. The van der Waals surface area contributed by atoms with E-state index in [0.717, 1.165) is 6.07 Å². The number of aliphatic hydroxyl groups is 3. The van der Waals surface area contributed by atoms with Gasteiger partial charge in [0.05, 0.1) is 18.2 Å². The van der Waals surface area contributed by atoms with Crippen molar-refractivity contribution in [2.75, 3.05) is 28.2 Å². The van der Waals surface area contributed by atoms with Gasteiger partial charge in [-0.2, -0.15) is 0 Å². The van der Waals surface area contributed by atoms with Gasteiger partial charge in [-0.3, -0.25) is 19.3 Å². The maximum Gasteiger partial charge on any atom is 0.317 e. The summed E-state index contributed by atoms with van der Waals surface area (Å²) in [6.45, 7) is -0.207. The molecule has 204 valence electrons. The van der Waals surface area contributed by atoms with Crippen molar-refractivity contribution in [3.05, 3.63) is 45.5 Å². The van der Waals surface area contributed by atoms with Gasteiger partial charge in [-0.15, -0.1) is 0 Å². The average Bonchev–Trinajstić information content (AvgIpc) is 2.83. The maximum atomic E-state index is 15.7. The summed E-state index contributed by atoms with van der Waals surface area (Å²) < 4.78 is 15.7. The number of nitrogens with two attached hydrogens (primary N) is 1. The van der Waals surface area contributed by atoms with E-state index in [9.17, 15) is 39.6 Å². The predicted molar refractivity (Wildman–Crippen MR) is 130 cm³/mol. The zero-order valence-electron chi connectivity index (χ0n) is 21.2. The number of hydrogen-bond donors (Lipinski definition) is 6. The Labute approximate surface area is 216 Å². The molecule has 3 aliphatic rings. The molecule has 0 bridgehead atoms. The van der Waals surface area contributed by atoms with Crippen molar-refractivity contribution < 1.29 is 44.0 Å². The van der Waals surface area contributed by atoms with Crippen molar-refractivity contribution in [3.8, 4) is 5.75 Å². The van der Waals surface area contributed by atoms with E-state index < -0.39 is 75.6 Å². The largest absolute Gasteiger partial charge is 0.508 e. The summed E-state index contributed by atoms with van der Waals surface area (Å²) in [6.07, 6.45) is -0.347. The van der Waals surface area contributed by atoms with E-state index in [1.54, 1.807) is 0 Å². The number of benzene rings is 1. The Morgan fingerprint density at radius 1 is 1.21 bits per heavy atom. The SMILES string of the molecule is CNC(=O)N(C)Cc1cc(O)c2c(c1F)C[C@H]1C[C@H]3C(N(C)C)C(=O)C(C(N)=O)=C(O)[C@@]3(O)C(=O)C1=C2O. The van der Waals surface area contributed by atoms with E-state index in [4.69, 9.17) is 5.73 Å². The number of primary amides is 1. The lowest BCUT2D eigenvalue weighted by Gasteiger charge is -2.50. The molecule has 3 aliphatic carbocycles. The van der Waals surface area contributed by atoms with Gasteiger partial charge in [0.1, 0.15) is 28.7 Å². The number of aliphatic hydroxyl groups excluding tert-OH is 2. The van der Waals surface area contributed by atoms with Crippen LogP contribution in [-0.2, 0) is 27.3 Å². The van der Waals surface area contributed by atoms with Crippen LogP contribution in [0.15, 0.2) is 23.0 Å². The van der Waals surface area contributed by atoms with Gasteiger partial charge in [-0.25, -0.2) is 9.18 Å². The van der Waals surface area contributed by atoms with Crippen molar-refractivity contribution in [3.63, 3.8) is 0 Å². The molecule has 13 heteroatoms. The second-order valence-corrected chi connectivity index (χ2v) is 10.1. The molecule has 1 unspecified atom stereocenters. The summed E-state index contributed by atoms with van der Waals surface area (Å²) in [5.74, 6) is -8.90. The number of likely N-dealkylation sites (N-methyl/N-ethyl adjacent to an activating group) is 1. The van der Waals surface area contributed by atoms with Crippen LogP contribution in [0.2, 0.25) is 0 Å². The lowest BCUT2D eigenvalue weighted by atomic mass is 9.57. The number of nitrogens with one attached hydrogen (secondary N) is 1. The normalized spacial score (nSPS) is 26.7. The topological polar surface area (TPSA) is 194 Å². The quantitative estimate of drug-likeness (QED) is 0.287. The molecule has 12 nitrogen and oxygen atoms in total. The fourth-order valence-electron chi connectivity index (χ4n) is 5.98. The number of rotatable bonds is 4. The highest BCUT2D eigenvalue weighted by molar-refractivity contribution is 6.24. The van der Waals surface area contributed by atoms with Crippen LogP contribution in [0.3, 0.4) is 0 Å². The van der Waals surface area contributed by atoms with Crippen molar-refractivity contribution in [2.24, 2.45) is 17.6 Å². The third kappa shape index (κ3) is 3.64. The van der Waals surface area contributed by atoms with Gasteiger partial charge in [0.2, 0.25) is 5.78 Å². The molecule has 0 radical (unpaired) electrons. The third-order valence-corrected chi connectivity index (χ3v) is 7.70. The molecule has 7 N–H and O–H groups in total. The summed E-state index contributed by atoms with van der Waals surface area (Å²) >= 11 is 0. The molecule has 1 fully saturated rings. The van der Waals surface area contributed by atoms with Crippen LogP contribution in [0.1, 0.15) is 23.1 Å². The predicted octanol–water partition coefficient (Wildman–Crippen LogP) is -0.126. The zero-order valence-corrected chi connectivity index (χ0v) is 21.2. The van der Waals surface area contributed by atoms with Crippen LogP contribution >= 0.6 is 0 Å². The van der Waals surface area contributed by atoms with E-state index in [1.807, 2.05) is 0 Å². The fourth-order valence-corrected chi connectivity index (χ4v) is 5.98. The van der Waals surface area contributed by atoms with Gasteiger partial charge in [0, 0.05) is 36.7 Å². The van der Waals surface area contributed by atoms with Crippen molar-refractivity contribution in [1.29, 1.82) is 0 Å². The number of carbonyl (C=O) groups excluding carboxylic acids is 4. The number of urea groups is 1. The van der Waals surface area contributed by atoms with Crippen LogP contribution in [0.25, 0.3) is 5.76 Å². The molecule has 38 heavy (non-hydrogen) atoms. The van der Waals surface area contributed by atoms with Crippen LogP contribution in [0, 0.1) is 17.7 Å². The smallest absolute Gasteiger partial charge is 0.317 e. The Bertz CT molecular complexity index is 1350. The molecule has 0 aliphatic heterocycles. The first kappa shape index (κ1) is 27.1. The van der Waals surface area contributed by atoms with Gasteiger partial charge in [0.25, 0.3) is 5.91 Å². The Morgan fingerprint density at radius 3 is 2.39 bits per heavy atom. The summed E-state index contributed by atoms with van der Waals surface area (Å²) in [5.41, 5.74) is 0.743. The number of aromatic hydroxyl groups is 1. The Balaban J connectivity index is 1.90. The second-order valence-electron chi connectivity index (χ2n) is 10.1. The lowest BCUT2D eigenvalue weighted by Crippen LogP contribution is -2.65. The van der Waals surface area contributed by atoms with Crippen LogP contribution < -0.4 is 11.1 Å². The minimum absolute atomic E-state index is 0.0343. The number of phenols is 1. The molecule has 0 saturated heterocycles. The minimum atomic E-state index is -2.77. The summed E-state index contributed by atoms with van der Waals surface area (Å²) in [6, 6.07) is -0.707. The molecule has 0 heterocycles. The standard InChI is InChI=1S/C25H29FN4O8/c1-28-24(37)30(4)8-10-7-13(31)15-11(17(10)26)5-9-6-12-18(29(2)3)20(33)16(23(27)36)22(35)25(12,38)21(34)14(9)19(15)32/h7,9,12,18,31-32,35,38H,5-6,8H2,1-4H3,(H2,27,36)(H,28,37)/t9-,12-,18?,25-/m0/s1. The van der Waals surface area contributed by atoms with Gasteiger partial charge < -0.3 is 36.4 Å². The number of fused-ring (bicyclic) bond motifs is 3. The molecule has 1 saturated carbocycles. The summed E-state index contributed by atoms with van der Waals surface area (Å²) in [7, 11) is 5.80. The first-order chi connectivity index (χ1) is 17.7. The summed E-state index contributed by atoms with van der Waals surface area (Å²) in [4.78, 5) is 53.3. The number of halogens is 1. The third-order valence-electron chi connectivity index (χ3n) is 7.70. The highest BCUT2D eigenvalue weighted by Crippen LogP contribution is 2.53. The van der Waals surface area contributed by atoms with E-state index >= 15 is 4.39 Å². The first-order valence-corrected chi connectivity index (χ1v) is 11.8. The van der Waals surface area contributed by atoms with Crippen LogP contribution in [-0.4, -0.2) is 93.6 Å². The average molecular weight is 533 g/mol. The lowest BCUT2D eigenvalue weighted by molar-refractivity contribution is -0.153. The molecular weight excluding hydrogens is 503 g/mol. The van der Waals surface area contributed by atoms with Gasteiger partial charge in [0.15, 0.2) is 11.4 Å². The Kier molecular flexibility index (Phi) is 6.48. The molecule has 4 rings (SSSR count). The number of hydrogen-bond acceptors (Lipinski definition) is 9. The van der Waals surface area contributed by atoms with Crippen molar-refractivity contribution in [1.82, 2.24) is 15.1 Å². The monoisotopic (exact) mass is 532 g/mol. The number of carbonyl (C=O) groups is 4. The molecule has 0 aromatic heterocycles. The molecule has 1 aromatic carbocycles. The Morgan fingerprint density at radius 2 is 1.84 bits per heavy atom. The van der Waals surface area contributed by atoms with Gasteiger partial charge in [-0.05, 0) is 38.9 Å². The fraction of sp³-hybridized carbons (Fsp3) is 0.440. The van der Waals surface area contributed by atoms with E-state index in [2.05, 4.69) is 5.32 Å².